The first-order valence-electron chi connectivity index (χ1n) is 7.71. The van der Waals surface area contributed by atoms with Gasteiger partial charge < -0.3 is 9.72 Å². The molecule has 0 saturated carbocycles. The predicted octanol–water partition coefficient (Wildman–Crippen LogP) is 2.84. The topological polar surface area (TPSA) is 41.2 Å². The third-order valence-corrected chi connectivity index (χ3v) is 4.06. The van der Waals surface area contributed by atoms with Crippen LogP contribution in [0.1, 0.15) is 24.1 Å². The number of hydrogen-bond acceptors (Lipinski definition) is 3. The van der Waals surface area contributed by atoms with Crippen molar-refractivity contribution in [1.29, 1.82) is 0 Å². The molecule has 2 heterocycles. The number of imidazole rings is 1. The Morgan fingerprint density at radius 3 is 2.67 bits per heavy atom. The molecule has 2 aromatic rings. The summed E-state index contributed by atoms with van der Waals surface area (Å²) in [5.74, 6) is 0.741. The van der Waals surface area contributed by atoms with Crippen LogP contribution in [0, 0.1) is 5.92 Å². The van der Waals surface area contributed by atoms with Gasteiger partial charge in [-0.15, -0.1) is 0 Å². The summed E-state index contributed by atoms with van der Waals surface area (Å²) in [5.41, 5.74) is 2.54. The number of nitrogens with zero attached hydrogens (tertiary/aromatic N) is 2. The molecule has 1 aromatic heterocycles. The molecule has 0 amide bonds. The number of rotatable bonds is 6. The molecule has 4 heteroatoms. The number of hydrogen-bond donors (Lipinski definition) is 1. The number of nitrogens with one attached hydrogen (secondary N) is 1. The third kappa shape index (κ3) is 4.41. The van der Waals surface area contributed by atoms with Crippen LogP contribution in [0.3, 0.4) is 0 Å². The zero-order valence-corrected chi connectivity index (χ0v) is 12.4. The number of H-pyrrole nitrogens is 1. The molecule has 0 bridgehead atoms. The molecule has 0 radical (unpaired) electrons. The van der Waals surface area contributed by atoms with Crippen molar-refractivity contribution in [2.75, 3.05) is 19.8 Å². The van der Waals surface area contributed by atoms with Crippen molar-refractivity contribution in [2.24, 2.45) is 5.92 Å². The quantitative estimate of drug-likeness (QED) is 0.887. The van der Waals surface area contributed by atoms with Crippen LogP contribution in [0.2, 0.25) is 0 Å². The smallest absolute Gasteiger partial charge is 0.0922 e. The summed E-state index contributed by atoms with van der Waals surface area (Å²) in [7, 11) is 0. The van der Waals surface area contributed by atoms with Gasteiger partial charge >= 0.3 is 0 Å². The number of ether oxygens (including phenoxy) is 1. The van der Waals surface area contributed by atoms with Gasteiger partial charge in [0.1, 0.15) is 0 Å². The van der Waals surface area contributed by atoms with E-state index in [1.165, 1.54) is 24.1 Å². The van der Waals surface area contributed by atoms with Gasteiger partial charge in [-0.05, 0) is 24.3 Å². The highest BCUT2D eigenvalue weighted by Crippen LogP contribution is 2.18. The van der Waals surface area contributed by atoms with Gasteiger partial charge in [-0.25, -0.2) is 4.98 Å². The minimum Gasteiger partial charge on any atom is -0.381 e. The van der Waals surface area contributed by atoms with Gasteiger partial charge in [0.15, 0.2) is 0 Å². The fourth-order valence-electron chi connectivity index (χ4n) is 2.93. The monoisotopic (exact) mass is 285 g/mol. The zero-order chi connectivity index (χ0) is 14.3. The number of benzene rings is 1. The van der Waals surface area contributed by atoms with Crippen LogP contribution in [0.25, 0.3) is 0 Å². The molecular weight excluding hydrogens is 262 g/mol. The van der Waals surface area contributed by atoms with Crippen molar-refractivity contribution >= 4 is 0 Å². The van der Waals surface area contributed by atoms with Crippen LogP contribution in [0.5, 0.6) is 0 Å². The van der Waals surface area contributed by atoms with E-state index in [9.17, 15) is 0 Å². The van der Waals surface area contributed by atoms with E-state index in [0.29, 0.717) is 0 Å². The molecule has 0 atom stereocenters. The van der Waals surface area contributed by atoms with Crippen LogP contribution in [-0.4, -0.2) is 34.6 Å². The lowest BCUT2D eigenvalue weighted by atomic mass is 9.99. The minimum absolute atomic E-state index is 0.741. The predicted molar refractivity (Wildman–Crippen MR) is 82.7 cm³/mol. The van der Waals surface area contributed by atoms with Gasteiger partial charge in [0.2, 0.25) is 0 Å². The third-order valence-electron chi connectivity index (χ3n) is 4.06. The Morgan fingerprint density at radius 1 is 1.14 bits per heavy atom. The second-order valence-electron chi connectivity index (χ2n) is 5.79. The molecule has 1 aliphatic heterocycles. The van der Waals surface area contributed by atoms with E-state index in [0.717, 1.165) is 38.8 Å². The average Bonchev–Trinajstić information content (AvgIpc) is 3.02. The van der Waals surface area contributed by atoms with Gasteiger partial charge in [-0.1, -0.05) is 30.3 Å². The first-order chi connectivity index (χ1) is 10.4. The van der Waals surface area contributed by atoms with E-state index in [1.807, 2.05) is 6.20 Å². The van der Waals surface area contributed by atoms with Gasteiger partial charge in [-0.2, -0.15) is 0 Å². The average molecular weight is 285 g/mol. The molecular formula is C17H23N3O. The Balaban J connectivity index is 1.64. The second kappa shape index (κ2) is 7.38. The van der Waals surface area contributed by atoms with E-state index >= 15 is 0 Å². The lowest BCUT2D eigenvalue weighted by molar-refractivity contribution is 0.0500. The van der Waals surface area contributed by atoms with Crippen LogP contribution >= 0.6 is 0 Å². The van der Waals surface area contributed by atoms with Crippen molar-refractivity contribution in [3.05, 3.63) is 54.1 Å². The van der Waals surface area contributed by atoms with Crippen LogP contribution in [0.15, 0.2) is 42.9 Å². The molecule has 0 unspecified atom stereocenters. The Kier molecular flexibility index (Phi) is 5.03. The lowest BCUT2D eigenvalue weighted by Crippen LogP contribution is -2.32. The minimum atomic E-state index is 0.741. The Morgan fingerprint density at radius 2 is 1.95 bits per heavy atom. The van der Waals surface area contributed by atoms with E-state index in [4.69, 9.17) is 4.74 Å². The molecule has 4 nitrogen and oxygen atoms in total. The normalized spacial score (nSPS) is 16.4. The SMILES string of the molecule is c1ccc(CN(Cc2cnc[nH]2)CC2CCOCC2)cc1. The molecule has 1 fully saturated rings. The van der Waals surface area contributed by atoms with Crippen LogP contribution < -0.4 is 0 Å². The molecule has 1 aromatic carbocycles. The Hall–Kier alpha value is -1.65. The number of aromatic nitrogens is 2. The fraction of sp³-hybridized carbons (Fsp3) is 0.471. The maximum atomic E-state index is 5.47. The Bertz CT molecular complexity index is 506. The molecule has 21 heavy (non-hydrogen) atoms. The fourth-order valence-corrected chi connectivity index (χ4v) is 2.93. The molecule has 1 N–H and O–H groups in total. The first-order valence-corrected chi connectivity index (χ1v) is 7.71. The van der Waals surface area contributed by atoms with Gasteiger partial charge in [0.25, 0.3) is 0 Å². The molecule has 1 saturated heterocycles. The molecule has 112 valence electrons. The highest BCUT2D eigenvalue weighted by molar-refractivity contribution is 5.14. The number of aromatic amines is 1. The van der Waals surface area contributed by atoms with Gasteiger partial charge in [0, 0.05) is 44.7 Å². The first kappa shape index (κ1) is 14.3. The Labute approximate surface area is 126 Å². The summed E-state index contributed by atoms with van der Waals surface area (Å²) in [5, 5.41) is 0. The lowest BCUT2D eigenvalue weighted by Gasteiger charge is -2.29. The van der Waals surface area contributed by atoms with Crippen molar-refractivity contribution in [2.45, 2.75) is 25.9 Å². The van der Waals surface area contributed by atoms with Crippen LogP contribution in [0.4, 0.5) is 0 Å². The molecule has 1 aliphatic rings. The highest BCUT2D eigenvalue weighted by atomic mass is 16.5. The zero-order valence-electron chi connectivity index (χ0n) is 12.4. The summed E-state index contributed by atoms with van der Waals surface area (Å²) in [6, 6.07) is 10.7. The summed E-state index contributed by atoms with van der Waals surface area (Å²) in [4.78, 5) is 9.85. The van der Waals surface area contributed by atoms with Crippen molar-refractivity contribution in [3.8, 4) is 0 Å². The summed E-state index contributed by atoms with van der Waals surface area (Å²) >= 11 is 0. The molecule has 0 spiro atoms. The van der Waals surface area contributed by atoms with E-state index in [1.54, 1.807) is 6.33 Å². The summed E-state index contributed by atoms with van der Waals surface area (Å²) in [6.45, 7) is 4.85. The summed E-state index contributed by atoms with van der Waals surface area (Å²) < 4.78 is 5.47. The highest BCUT2D eigenvalue weighted by Gasteiger charge is 2.18. The summed E-state index contributed by atoms with van der Waals surface area (Å²) in [6.07, 6.45) is 6.02. The van der Waals surface area contributed by atoms with E-state index in [-0.39, 0.29) is 0 Å². The van der Waals surface area contributed by atoms with E-state index < -0.39 is 0 Å². The van der Waals surface area contributed by atoms with Crippen LogP contribution in [-0.2, 0) is 17.8 Å². The van der Waals surface area contributed by atoms with Crippen molar-refractivity contribution < 1.29 is 4.74 Å². The maximum absolute atomic E-state index is 5.47. The van der Waals surface area contributed by atoms with E-state index in [2.05, 4.69) is 45.2 Å². The standard InChI is InChI=1S/C17H23N3O/c1-2-4-15(5-3-1)11-20(13-17-10-18-14-19-17)12-16-6-8-21-9-7-16/h1-5,10,14,16H,6-9,11-13H2,(H,18,19). The van der Waals surface area contributed by atoms with Gasteiger partial charge in [0.05, 0.1) is 6.33 Å². The second-order valence-corrected chi connectivity index (χ2v) is 5.79. The molecule has 0 aliphatic carbocycles. The van der Waals surface area contributed by atoms with Gasteiger partial charge in [-0.3, -0.25) is 4.90 Å². The largest absolute Gasteiger partial charge is 0.381 e. The maximum Gasteiger partial charge on any atom is 0.0922 e. The van der Waals surface area contributed by atoms with Crippen molar-refractivity contribution in [1.82, 2.24) is 14.9 Å². The van der Waals surface area contributed by atoms with Crippen molar-refractivity contribution in [3.63, 3.8) is 0 Å². The molecule has 3 rings (SSSR count).